The van der Waals surface area contributed by atoms with Gasteiger partial charge in [0.25, 0.3) is 5.91 Å². The van der Waals surface area contributed by atoms with E-state index in [2.05, 4.69) is 0 Å². The number of nitrogens with zero attached hydrogens (tertiary/aromatic N) is 2. The van der Waals surface area contributed by atoms with Gasteiger partial charge in [0.05, 0.1) is 13.2 Å². The second-order valence-electron chi connectivity index (χ2n) is 4.71. The molecule has 1 amide bonds. The van der Waals surface area contributed by atoms with Gasteiger partial charge in [-0.05, 0) is 12.5 Å². The maximum absolute atomic E-state index is 12.5. The molecule has 108 valence electrons. The molecule has 2 rings (SSSR count). The Hall–Kier alpha value is -1.46. The van der Waals surface area contributed by atoms with E-state index in [1.165, 1.54) is 0 Å². The van der Waals surface area contributed by atoms with Crippen molar-refractivity contribution in [3.63, 3.8) is 0 Å². The third-order valence-corrected chi connectivity index (χ3v) is 3.80. The SMILES string of the molecule is CCN(Cc1ccccc1)C(=O)C(=S)N1CCOCC1. The quantitative estimate of drug-likeness (QED) is 0.794. The lowest BCUT2D eigenvalue weighted by atomic mass is 10.2. The zero-order chi connectivity index (χ0) is 14.4. The monoisotopic (exact) mass is 292 g/mol. The third-order valence-electron chi connectivity index (χ3n) is 3.37. The van der Waals surface area contributed by atoms with Gasteiger partial charge in [-0.15, -0.1) is 0 Å². The first-order valence-electron chi connectivity index (χ1n) is 6.92. The molecule has 0 N–H and O–H groups in total. The lowest BCUT2D eigenvalue weighted by molar-refractivity contribution is -0.125. The van der Waals surface area contributed by atoms with E-state index in [0.29, 0.717) is 44.4 Å². The van der Waals surface area contributed by atoms with Crippen molar-refractivity contribution in [1.29, 1.82) is 0 Å². The van der Waals surface area contributed by atoms with Gasteiger partial charge >= 0.3 is 0 Å². The highest BCUT2D eigenvalue weighted by atomic mass is 32.1. The van der Waals surface area contributed by atoms with Crippen LogP contribution in [0.2, 0.25) is 0 Å². The summed E-state index contributed by atoms with van der Waals surface area (Å²) in [7, 11) is 0. The fourth-order valence-corrected chi connectivity index (χ4v) is 2.48. The van der Waals surface area contributed by atoms with E-state index in [4.69, 9.17) is 17.0 Å². The summed E-state index contributed by atoms with van der Waals surface area (Å²) in [5, 5.41) is 0. The summed E-state index contributed by atoms with van der Waals surface area (Å²) in [6.45, 7) is 5.90. The standard InChI is InChI=1S/C15H20N2O2S/c1-2-16(12-13-6-4-3-5-7-13)14(18)15(20)17-8-10-19-11-9-17/h3-7H,2,8-12H2,1H3. The molecule has 1 heterocycles. The van der Waals surface area contributed by atoms with E-state index >= 15 is 0 Å². The van der Waals surface area contributed by atoms with Crippen LogP contribution < -0.4 is 0 Å². The first kappa shape index (κ1) is 14.9. The summed E-state index contributed by atoms with van der Waals surface area (Å²) in [5.41, 5.74) is 1.12. The molecule has 20 heavy (non-hydrogen) atoms. The van der Waals surface area contributed by atoms with Crippen molar-refractivity contribution in [3.8, 4) is 0 Å². The second-order valence-corrected chi connectivity index (χ2v) is 5.10. The number of ether oxygens (including phenoxy) is 1. The summed E-state index contributed by atoms with van der Waals surface area (Å²) < 4.78 is 5.29. The van der Waals surface area contributed by atoms with Gasteiger partial charge in [0.1, 0.15) is 0 Å². The number of rotatable bonds is 3. The highest BCUT2D eigenvalue weighted by Gasteiger charge is 2.23. The van der Waals surface area contributed by atoms with Crippen LogP contribution in [-0.4, -0.2) is 53.5 Å². The normalized spacial score (nSPS) is 14.9. The van der Waals surface area contributed by atoms with Gasteiger partial charge in [0, 0.05) is 26.2 Å². The molecule has 0 bridgehead atoms. The van der Waals surface area contributed by atoms with Gasteiger partial charge in [-0.3, -0.25) is 4.79 Å². The van der Waals surface area contributed by atoms with E-state index < -0.39 is 0 Å². The zero-order valence-electron chi connectivity index (χ0n) is 11.7. The van der Waals surface area contributed by atoms with Crippen molar-refractivity contribution < 1.29 is 9.53 Å². The predicted molar refractivity (Wildman–Crippen MR) is 82.5 cm³/mol. The van der Waals surface area contributed by atoms with Crippen molar-refractivity contribution in [2.24, 2.45) is 0 Å². The van der Waals surface area contributed by atoms with E-state index in [0.717, 1.165) is 5.56 Å². The summed E-state index contributed by atoms with van der Waals surface area (Å²) in [5.74, 6) is -0.0618. The fourth-order valence-electron chi connectivity index (χ4n) is 2.17. The lowest BCUT2D eigenvalue weighted by Gasteiger charge is -2.31. The lowest BCUT2D eigenvalue weighted by Crippen LogP contribution is -2.48. The molecule has 1 aromatic rings. The number of likely N-dealkylation sites (N-methyl/N-ethyl adjacent to an activating group) is 1. The number of thiocarbonyl (C=S) groups is 1. The van der Waals surface area contributed by atoms with Gasteiger partial charge in [-0.1, -0.05) is 42.5 Å². The second kappa shape index (κ2) is 7.36. The van der Waals surface area contributed by atoms with Crippen molar-refractivity contribution in [3.05, 3.63) is 35.9 Å². The minimum Gasteiger partial charge on any atom is -0.378 e. The van der Waals surface area contributed by atoms with Crippen LogP contribution in [0.3, 0.4) is 0 Å². The highest BCUT2D eigenvalue weighted by molar-refractivity contribution is 7.81. The largest absolute Gasteiger partial charge is 0.378 e. The van der Waals surface area contributed by atoms with Crippen LogP contribution in [0, 0.1) is 0 Å². The minimum atomic E-state index is -0.0618. The number of carbonyl (C=O) groups is 1. The molecule has 0 atom stereocenters. The van der Waals surface area contributed by atoms with Crippen LogP contribution in [0.15, 0.2) is 30.3 Å². The molecule has 0 radical (unpaired) electrons. The van der Waals surface area contributed by atoms with Crippen molar-refractivity contribution in [2.45, 2.75) is 13.5 Å². The van der Waals surface area contributed by atoms with Crippen LogP contribution in [-0.2, 0) is 16.1 Å². The molecular formula is C15H20N2O2S. The predicted octanol–water partition coefficient (Wildman–Crippen LogP) is 1.69. The Morgan fingerprint density at radius 2 is 1.95 bits per heavy atom. The molecule has 0 aromatic heterocycles. The number of carbonyl (C=O) groups excluding carboxylic acids is 1. The highest BCUT2D eigenvalue weighted by Crippen LogP contribution is 2.08. The molecule has 4 nitrogen and oxygen atoms in total. The Labute approximate surface area is 125 Å². The van der Waals surface area contributed by atoms with Gasteiger partial charge in [0.2, 0.25) is 0 Å². The molecule has 0 aliphatic carbocycles. The maximum Gasteiger partial charge on any atom is 0.281 e. The first-order valence-corrected chi connectivity index (χ1v) is 7.33. The molecule has 0 spiro atoms. The first-order chi connectivity index (χ1) is 9.72. The van der Waals surface area contributed by atoms with Crippen LogP contribution in [0.25, 0.3) is 0 Å². The molecule has 1 aromatic carbocycles. The molecule has 5 heteroatoms. The van der Waals surface area contributed by atoms with Gasteiger partial charge < -0.3 is 14.5 Å². The third kappa shape index (κ3) is 3.77. The van der Waals surface area contributed by atoms with E-state index in [-0.39, 0.29) is 5.91 Å². The Kier molecular flexibility index (Phi) is 5.49. The molecular weight excluding hydrogens is 272 g/mol. The van der Waals surface area contributed by atoms with Crippen LogP contribution in [0.5, 0.6) is 0 Å². The van der Waals surface area contributed by atoms with Crippen LogP contribution in [0.1, 0.15) is 12.5 Å². The van der Waals surface area contributed by atoms with Crippen molar-refractivity contribution in [2.75, 3.05) is 32.8 Å². The number of hydrogen-bond donors (Lipinski definition) is 0. The van der Waals surface area contributed by atoms with Gasteiger partial charge in [0.15, 0.2) is 4.99 Å². The molecule has 1 fully saturated rings. The smallest absolute Gasteiger partial charge is 0.281 e. The summed E-state index contributed by atoms with van der Waals surface area (Å²) in [4.78, 5) is 16.6. The average molecular weight is 292 g/mol. The van der Waals surface area contributed by atoms with Crippen LogP contribution in [0.4, 0.5) is 0 Å². The summed E-state index contributed by atoms with van der Waals surface area (Å²) in [6, 6.07) is 9.98. The number of morpholine rings is 1. The Bertz CT molecular complexity index is 458. The van der Waals surface area contributed by atoms with Crippen molar-refractivity contribution in [1.82, 2.24) is 9.80 Å². The molecule has 1 aliphatic rings. The average Bonchev–Trinajstić information content (AvgIpc) is 2.53. The van der Waals surface area contributed by atoms with Crippen molar-refractivity contribution >= 4 is 23.1 Å². The Morgan fingerprint density at radius 3 is 2.55 bits per heavy atom. The number of hydrogen-bond acceptors (Lipinski definition) is 3. The molecule has 0 unspecified atom stereocenters. The fraction of sp³-hybridized carbons (Fsp3) is 0.467. The van der Waals surface area contributed by atoms with E-state index in [9.17, 15) is 4.79 Å². The number of amides is 1. The Balaban J connectivity index is 1.99. The maximum atomic E-state index is 12.5. The number of benzene rings is 1. The molecule has 0 saturated carbocycles. The zero-order valence-corrected chi connectivity index (χ0v) is 12.6. The van der Waals surface area contributed by atoms with Gasteiger partial charge in [-0.2, -0.15) is 0 Å². The summed E-state index contributed by atoms with van der Waals surface area (Å²) >= 11 is 5.33. The van der Waals surface area contributed by atoms with E-state index in [1.807, 2.05) is 42.2 Å². The summed E-state index contributed by atoms with van der Waals surface area (Å²) in [6.07, 6.45) is 0. The van der Waals surface area contributed by atoms with Gasteiger partial charge in [-0.25, -0.2) is 0 Å². The minimum absolute atomic E-state index is 0.0618. The molecule has 1 saturated heterocycles. The molecule has 1 aliphatic heterocycles. The Morgan fingerprint density at radius 1 is 1.30 bits per heavy atom. The topological polar surface area (TPSA) is 32.8 Å². The van der Waals surface area contributed by atoms with E-state index in [1.54, 1.807) is 4.90 Å². The van der Waals surface area contributed by atoms with Crippen LogP contribution >= 0.6 is 12.2 Å².